The van der Waals surface area contributed by atoms with E-state index < -0.39 is 0 Å². The molecule has 0 aromatic heterocycles. The molecule has 4 heteroatoms. The minimum atomic E-state index is 0.510. The second-order valence-electron chi connectivity index (χ2n) is 3.22. The average molecular weight is 290 g/mol. The third kappa shape index (κ3) is 5.44. The fourth-order valence-corrected chi connectivity index (χ4v) is 2.13. The Morgan fingerprint density at radius 3 is 3.00 bits per heavy atom. The van der Waals surface area contributed by atoms with Gasteiger partial charge in [-0.2, -0.15) is 11.8 Å². The Labute approximate surface area is 104 Å². The van der Waals surface area contributed by atoms with Gasteiger partial charge in [0.25, 0.3) is 0 Å². The standard InChI is InChI=1S/C11H16BrNOS/c1-9(8-13)15-6-5-14-11-4-2-3-10(12)7-11/h2-4,7,9H,5-6,8,13H2,1H3. The lowest BCUT2D eigenvalue weighted by Crippen LogP contribution is -2.14. The fraction of sp³-hybridized carbons (Fsp3) is 0.455. The maximum atomic E-state index is 5.59. The van der Waals surface area contributed by atoms with E-state index in [2.05, 4.69) is 22.9 Å². The molecule has 0 bridgehead atoms. The minimum Gasteiger partial charge on any atom is -0.493 e. The molecule has 1 unspecified atom stereocenters. The highest BCUT2D eigenvalue weighted by Gasteiger charge is 1.99. The predicted octanol–water partition coefficient (Wildman–Crippen LogP) is 2.91. The van der Waals surface area contributed by atoms with E-state index in [1.165, 1.54) is 0 Å². The van der Waals surface area contributed by atoms with Crippen molar-refractivity contribution in [3.8, 4) is 5.75 Å². The molecular formula is C11H16BrNOS. The molecule has 84 valence electrons. The summed E-state index contributed by atoms with van der Waals surface area (Å²) < 4.78 is 6.63. The van der Waals surface area contributed by atoms with Gasteiger partial charge in [0.2, 0.25) is 0 Å². The lowest BCUT2D eigenvalue weighted by Gasteiger charge is -2.09. The van der Waals surface area contributed by atoms with Crippen molar-refractivity contribution < 1.29 is 4.74 Å². The molecule has 0 amide bonds. The van der Waals surface area contributed by atoms with Crippen LogP contribution in [0.25, 0.3) is 0 Å². The summed E-state index contributed by atoms with van der Waals surface area (Å²) in [7, 11) is 0. The van der Waals surface area contributed by atoms with Gasteiger partial charge in [-0.15, -0.1) is 0 Å². The quantitative estimate of drug-likeness (QED) is 0.818. The predicted molar refractivity (Wildman–Crippen MR) is 70.6 cm³/mol. The van der Waals surface area contributed by atoms with E-state index in [1.807, 2.05) is 36.0 Å². The molecule has 2 N–H and O–H groups in total. The van der Waals surface area contributed by atoms with Crippen molar-refractivity contribution in [1.29, 1.82) is 0 Å². The van der Waals surface area contributed by atoms with E-state index in [9.17, 15) is 0 Å². The number of ether oxygens (including phenoxy) is 1. The summed E-state index contributed by atoms with van der Waals surface area (Å²) in [6.45, 7) is 3.58. The molecule has 0 fully saturated rings. The second-order valence-corrected chi connectivity index (χ2v) is 5.68. The van der Waals surface area contributed by atoms with Crippen LogP contribution >= 0.6 is 27.7 Å². The highest BCUT2D eigenvalue weighted by molar-refractivity contribution is 9.10. The van der Waals surface area contributed by atoms with Crippen LogP contribution < -0.4 is 10.5 Å². The van der Waals surface area contributed by atoms with Crippen LogP contribution in [-0.2, 0) is 0 Å². The molecule has 0 aliphatic carbocycles. The van der Waals surface area contributed by atoms with Gasteiger partial charge in [-0.05, 0) is 18.2 Å². The number of halogens is 1. The molecule has 1 aromatic rings. The maximum absolute atomic E-state index is 5.59. The normalized spacial score (nSPS) is 12.5. The van der Waals surface area contributed by atoms with Crippen molar-refractivity contribution in [2.75, 3.05) is 18.9 Å². The number of nitrogens with two attached hydrogens (primary N) is 1. The van der Waals surface area contributed by atoms with Crippen LogP contribution in [-0.4, -0.2) is 24.2 Å². The number of benzene rings is 1. The fourth-order valence-electron chi connectivity index (χ4n) is 1.03. The third-order valence-corrected chi connectivity index (χ3v) is 3.54. The number of rotatable bonds is 6. The van der Waals surface area contributed by atoms with Gasteiger partial charge < -0.3 is 10.5 Å². The van der Waals surface area contributed by atoms with E-state index in [1.54, 1.807) is 0 Å². The first-order chi connectivity index (χ1) is 7.22. The summed E-state index contributed by atoms with van der Waals surface area (Å²) in [5, 5.41) is 0.510. The van der Waals surface area contributed by atoms with Crippen LogP contribution in [0.3, 0.4) is 0 Å². The Morgan fingerprint density at radius 2 is 2.33 bits per heavy atom. The maximum Gasteiger partial charge on any atom is 0.120 e. The second kappa shape index (κ2) is 7.14. The van der Waals surface area contributed by atoms with Gasteiger partial charge in [-0.1, -0.05) is 28.9 Å². The Balaban J connectivity index is 2.20. The van der Waals surface area contributed by atoms with Crippen LogP contribution in [0.5, 0.6) is 5.75 Å². The topological polar surface area (TPSA) is 35.2 Å². The molecule has 0 aliphatic heterocycles. The summed E-state index contributed by atoms with van der Waals surface area (Å²) in [5.41, 5.74) is 5.52. The van der Waals surface area contributed by atoms with E-state index in [-0.39, 0.29) is 0 Å². The zero-order valence-electron chi connectivity index (χ0n) is 8.78. The average Bonchev–Trinajstić information content (AvgIpc) is 2.24. The van der Waals surface area contributed by atoms with E-state index >= 15 is 0 Å². The zero-order chi connectivity index (χ0) is 11.1. The lowest BCUT2D eigenvalue weighted by molar-refractivity contribution is 0.343. The van der Waals surface area contributed by atoms with Crippen LogP contribution in [0.2, 0.25) is 0 Å². The summed E-state index contributed by atoms with van der Waals surface area (Å²) in [6.07, 6.45) is 0. The minimum absolute atomic E-state index is 0.510. The highest BCUT2D eigenvalue weighted by Crippen LogP contribution is 2.18. The lowest BCUT2D eigenvalue weighted by atomic mass is 10.3. The molecule has 0 saturated carbocycles. The van der Waals surface area contributed by atoms with Crippen molar-refractivity contribution >= 4 is 27.7 Å². The number of hydrogen-bond acceptors (Lipinski definition) is 3. The Kier molecular flexibility index (Phi) is 6.13. The molecule has 0 aliphatic rings. The van der Waals surface area contributed by atoms with Crippen molar-refractivity contribution in [1.82, 2.24) is 0 Å². The largest absolute Gasteiger partial charge is 0.493 e. The Morgan fingerprint density at radius 1 is 1.53 bits per heavy atom. The Hall–Kier alpha value is -0.190. The van der Waals surface area contributed by atoms with Crippen molar-refractivity contribution in [2.45, 2.75) is 12.2 Å². The van der Waals surface area contributed by atoms with E-state index in [0.29, 0.717) is 5.25 Å². The van der Waals surface area contributed by atoms with Crippen LogP contribution in [0.1, 0.15) is 6.92 Å². The van der Waals surface area contributed by atoms with Crippen molar-refractivity contribution in [3.05, 3.63) is 28.7 Å². The molecule has 15 heavy (non-hydrogen) atoms. The first kappa shape index (κ1) is 12.9. The highest BCUT2D eigenvalue weighted by atomic mass is 79.9. The third-order valence-electron chi connectivity index (χ3n) is 1.88. The van der Waals surface area contributed by atoms with Gasteiger partial charge >= 0.3 is 0 Å². The van der Waals surface area contributed by atoms with Gasteiger partial charge in [0.15, 0.2) is 0 Å². The summed E-state index contributed by atoms with van der Waals surface area (Å²) in [6, 6.07) is 7.88. The van der Waals surface area contributed by atoms with Crippen molar-refractivity contribution in [2.24, 2.45) is 5.73 Å². The zero-order valence-corrected chi connectivity index (χ0v) is 11.2. The molecule has 1 atom stereocenters. The smallest absolute Gasteiger partial charge is 0.120 e. The van der Waals surface area contributed by atoms with Crippen LogP contribution in [0.15, 0.2) is 28.7 Å². The molecule has 0 spiro atoms. The van der Waals surface area contributed by atoms with Gasteiger partial charge in [0.05, 0.1) is 6.61 Å². The molecule has 0 saturated heterocycles. The van der Waals surface area contributed by atoms with Gasteiger partial charge in [0, 0.05) is 22.0 Å². The molecule has 1 rings (SSSR count). The van der Waals surface area contributed by atoms with Crippen molar-refractivity contribution in [3.63, 3.8) is 0 Å². The molecule has 0 heterocycles. The molecule has 0 radical (unpaired) electrons. The summed E-state index contributed by atoms with van der Waals surface area (Å²) in [5.74, 6) is 1.88. The first-order valence-corrected chi connectivity index (χ1v) is 6.76. The molecular weight excluding hydrogens is 274 g/mol. The number of hydrogen-bond donors (Lipinski definition) is 1. The van der Waals surface area contributed by atoms with E-state index in [0.717, 1.165) is 29.1 Å². The number of thioether (sulfide) groups is 1. The van der Waals surface area contributed by atoms with Crippen LogP contribution in [0, 0.1) is 0 Å². The SMILES string of the molecule is CC(CN)SCCOc1cccc(Br)c1. The monoisotopic (exact) mass is 289 g/mol. The first-order valence-electron chi connectivity index (χ1n) is 4.92. The molecule has 2 nitrogen and oxygen atoms in total. The van der Waals surface area contributed by atoms with E-state index in [4.69, 9.17) is 10.5 Å². The van der Waals surface area contributed by atoms with Crippen LogP contribution in [0.4, 0.5) is 0 Å². The Bertz CT molecular complexity index is 296. The van der Waals surface area contributed by atoms with Gasteiger partial charge in [-0.3, -0.25) is 0 Å². The van der Waals surface area contributed by atoms with Gasteiger partial charge in [0.1, 0.15) is 5.75 Å². The summed E-state index contributed by atoms with van der Waals surface area (Å²) >= 11 is 5.24. The summed E-state index contributed by atoms with van der Waals surface area (Å²) in [4.78, 5) is 0. The molecule has 1 aromatic carbocycles. The van der Waals surface area contributed by atoms with Gasteiger partial charge in [-0.25, -0.2) is 0 Å².